The van der Waals surface area contributed by atoms with Gasteiger partial charge in [-0.2, -0.15) is 0 Å². The van der Waals surface area contributed by atoms with Crippen molar-refractivity contribution in [2.45, 2.75) is 109 Å². The lowest BCUT2D eigenvalue weighted by atomic mass is 9.62. The van der Waals surface area contributed by atoms with E-state index >= 15 is 0 Å². The van der Waals surface area contributed by atoms with Gasteiger partial charge in [-0.05, 0) is 101 Å². The van der Waals surface area contributed by atoms with Gasteiger partial charge in [0.2, 0.25) is 0 Å². The van der Waals surface area contributed by atoms with Crippen LogP contribution in [0, 0.1) is 17.3 Å². The van der Waals surface area contributed by atoms with E-state index in [1.54, 1.807) is 0 Å². The Balaban J connectivity index is 1.66. The van der Waals surface area contributed by atoms with Crippen molar-refractivity contribution in [3.63, 3.8) is 0 Å². The molecule has 3 aliphatic rings. The average molecular weight is 433 g/mol. The SMILES string of the molecule is C=C1/C(=C\C=C2/CCCC3(C)C2CCC3[C@@H](C)OCCCC(C)(C)O)C[C@@H](O)C[C@@H]1O. The van der Waals surface area contributed by atoms with E-state index < -0.39 is 17.8 Å². The number of aliphatic hydroxyl groups excluding tert-OH is 2. The molecule has 0 amide bonds. The summed E-state index contributed by atoms with van der Waals surface area (Å²) in [4.78, 5) is 0. The summed E-state index contributed by atoms with van der Waals surface area (Å²) in [6, 6.07) is 0. The molecule has 4 nitrogen and oxygen atoms in total. The van der Waals surface area contributed by atoms with Crippen molar-refractivity contribution in [2.24, 2.45) is 17.3 Å². The first-order valence-corrected chi connectivity index (χ1v) is 12.3. The molecule has 0 aromatic heterocycles. The predicted octanol–water partition coefficient (Wildman–Crippen LogP) is 5.08. The van der Waals surface area contributed by atoms with Gasteiger partial charge in [0.1, 0.15) is 0 Å². The standard InChI is InChI=1S/C27H44O4/c1-18-21(16-22(28)17-25(18)29)10-9-20-8-6-14-27(5)23(11-12-24(20)27)19(2)31-15-7-13-26(3,4)30/h9-10,19,22-25,28-30H,1,6-8,11-17H2,2-5H3/b20-9+,21-10-/t19-,22-,23?,24?,25+,27?/m1/s1. The lowest BCUT2D eigenvalue weighted by Crippen LogP contribution is -2.38. The molecule has 3 rings (SSSR count). The number of hydrogen-bond donors (Lipinski definition) is 3. The Morgan fingerprint density at radius 2 is 2.00 bits per heavy atom. The van der Waals surface area contributed by atoms with Gasteiger partial charge in [-0.15, -0.1) is 0 Å². The molecule has 3 fully saturated rings. The fourth-order valence-electron chi connectivity index (χ4n) is 6.41. The van der Waals surface area contributed by atoms with E-state index in [0.717, 1.165) is 30.4 Å². The lowest BCUT2D eigenvalue weighted by molar-refractivity contribution is -0.0318. The van der Waals surface area contributed by atoms with Gasteiger partial charge in [0, 0.05) is 13.0 Å². The number of fused-ring (bicyclic) bond motifs is 1. The van der Waals surface area contributed by atoms with Gasteiger partial charge in [0.25, 0.3) is 0 Å². The summed E-state index contributed by atoms with van der Waals surface area (Å²) in [6.45, 7) is 13.2. The third kappa shape index (κ3) is 5.90. The molecule has 3 aliphatic carbocycles. The number of hydrogen-bond acceptors (Lipinski definition) is 4. The quantitative estimate of drug-likeness (QED) is 0.491. The maximum Gasteiger partial charge on any atom is 0.0811 e. The third-order valence-corrected chi connectivity index (χ3v) is 8.18. The van der Waals surface area contributed by atoms with Crippen LogP contribution in [0.1, 0.15) is 85.5 Å². The molecule has 3 saturated carbocycles. The molecule has 0 aromatic rings. The highest BCUT2D eigenvalue weighted by atomic mass is 16.5. The van der Waals surface area contributed by atoms with Crippen LogP contribution in [0.25, 0.3) is 0 Å². The van der Waals surface area contributed by atoms with Crippen LogP contribution in [0.15, 0.2) is 35.5 Å². The van der Waals surface area contributed by atoms with E-state index in [2.05, 4.69) is 32.6 Å². The third-order valence-electron chi connectivity index (χ3n) is 8.18. The predicted molar refractivity (Wildman–Crippen MR) is 126 cm³/mol. The lowest BCUT2D eigenvalue weighted by Gasteiger charge is -2.44. The summed E-state index contributed by atoms with van der Waals surface area (Å²) in [5, 5.41) is 30.1. The van der Waals surface area contributed by atoms with Gasteiger partial charge in [0.05, 0.1) is 23.9 Å². The van der Waals surface area contributed by atoms with Crippen molar-refractivity contribution in [1.82, 2.24) is 0 Å². The van der Waals surface area contributed by atoms with Crippen molar-refractivity contribution < 1.29 is 20.1 Å². The molecule has 6 atom stereocenters. The molecule has 0 spiro atoms. The first-order chi connectivity index (χ1) is 14.5. The Kier molecular flexibility index (Phi) is 7.89. The maximum atomic E-state index is 10.1. The summed E-state index contributed by atoms with van der Waals surface area (Å²) >= 11 is 0. The molecular weight excluding hydrogens is 388 g/mol. The fourth-order valence-corrected chi connectivity index (χ4v) is 6.41. The van der Waals surface area contributed by atoms with Gasteiger partial charge in [0.15, 0.2) is 0 Å². The highest BCUT2D eigenvalue weighted by Gasteiger charge is 2.51. The van der Waals surface area contributed by atoms with E-state index in [4.69, 9.17) is 4.74 Å². The molecule has 0 heterocycles. The fraction of sp³-hybridized carbons (Fsp3) is 0.778. The Bertz CT molecular complexity index is 701. The second-order valence-electron chi connectivity index (χ2n) is 11.2. The molecular formula is C27H44O4. The number of ether oxygens (including phenoxy) is 1. The molecule has 3 unspecified atom stereocenters. The normalized spacial score (nSPS) is 38.0. The number of allylic oxidation sites excluding steroid dienone is 3. The minimum atomic E-state index is -0.629. The van der Waals surface area contributed by atoms with Crippen LogP contribution in [-0.2, 0) is 4.74 Å². The summed E-state index contributed by atoms with van der Waals surface area (Å²) in [6.07, 6.45) is 12.1. The molecule has 31 heavy (non-hydrogen) atoms. The van der Waals surface area contributed by atoms with Crippen molar-refractivity contribution >= 4 is 0 Å². The van der Waals surface area contributed by atoms with Crippen LogP contribution in [0.4, 0.5) is 0 Å². The van der Waals surface area contributed by atoms with E-state index in [9.17, 15) is 15.3 Å². The zero-order valence-corrected chi connectivity index (χ0v) is 20.1. The van der Waals surface area contributed by atoms with Gasteiger partial charge >= 0.3 is 0 Å². The van der Waals surface area contributed by atoms with E-state index in [0.29, 0.717) is 31.3 Å². The Hall–Kier alpha value is -0.940. The molecule has 3 N–H and O–H groups in total. The van der Waals surface area contributed by atoms with Crippen molar-refractivity contribution in [3.8, 4) is 0 Å². The van der Waals surface area contributed by atoms with Gasteiger partial charge in [-0.1, -0.05) is 31.2 Å². The average Bonchev–Trinajstić information content (AvgIpc) is 3.03. The highest BCUT2D eigenvalue weighted by Crippen LogP contribution is 2.58. The van der Waals surface area contributed by atoms with Crippen LogP contribution < -0.4 is 0 Å². The first kappa shape index (κ1) is 24.7. The molecule has 0 aliphatic heterocycles. The minimum Gasteiger partial charge on any atom is -0.393 e. The molecule has 4 heteroatoms. The largest absolute Gasteiger partial charge is 0.393 e. The zero-order valence-electron chi connectivity index (χ0n) is 20.1. The van der Waals surface area contributed by atoms with Crippen molar-refractivity contribution in [1.29, 1.82) is 0 Å². The van der Waals surface area contributed by atoms with Crippen molar-refractivity contribution in [2.75, 3.05) is 6.61 Å². The zero-order chi connectivity index (χ0) is 22.8. The van der Waals surface area contributed by atoms with Gasteiger partial charge in [-0.3, -0.25) is 0 Å². The Morgan fingerprint density at radius 1 is 1.26 bits per heavy atom. The second-order valence-corrected chi connectivity index (χ2v) is 11.2. The number of rotatable bonds is 7. The first-order valence-electron chi connectivity index (χ1n) is 12.3. The highest BCUT2D eigenvalue weighted by molar-refractivity contribution is 5.38. The minimum absolute atomic E-state index is 0.234. The molecule has 0 aromatic carbocycles. The van der Waals surface area contributed by atoms with Gasteiger partial charge in [-0.25, -0.2) is 0 Å². The molecule has 176 valence electrons. The van der Waals surface area contributed by atoms with E-state index in [-0.39, 0.29) is 11.5 Å². The van der Waals surface area contributed by atoms with Crippen molar-refractivity contribution in [3.05, 3.63) is 35.5 Å². The smallest absolute Gasteiger partial charge is 0.0811 e. The van der Waals surface area contributed by atoms with Gasteiger partial charge < -0.3 is 20.1 Å². The Labute approximate surface area is 189 Å². The van der Waals surface area contributed by atoms with Crippen LogP contribution in [0.2, 0.25) is 0 Å². The van der Waals surface area contributed by atoms with Crippen LogP contribution >= 0.6 is 0 Å². The van der Waals surface area contributed by atoms with Crippen LogP contribution in [-0.4, -0.2) is 45.8 Å². The Morgan fingerprint density at radius 3 is 2.71 bits per heavy atom. The second kappa shape index (κ2) is 9.91. The summed E-state index contributed by atoms with van der Waals surface area (Å²) in [5.74, 6) is 1.14. The van der Waals surface area contributed by atoms with Crippen LogP contribution in [0.5, 0.6) is 0 Å². The molecule has 0 saturated heterocycles. The number of aliphatic hydroxyl groups is 3. The van der Waals surface area contributed by atoms with E-state index in [1.165, 1.54) is 31.3 Å². The summed E-state index contributed by atoms with van der Waals surface area (Å²) in [5.41, 5.74) is 2.91. The molecule has 0 bridgehead atoms. The topological polar surface area (TPSA) is 69.9 Å². The maximum absolute atomic E-state index is 10.1. The van der Waals surface area contributed by atoms with Crippen LogP contribution in [0.3, 0.4) is 0 Å². The summed E-state index contributed by atoms with van der Waals surface area (Å²) < 4.78 is 6.25. The molecule has 0 radical (unpaired) electrons. The monoisotopic (exact) mass is 432 g/mol. The van der Waals surface area contributed by atoms with E-state index in [1.807, 2.05) is 13.8 Å². The summed E-state index contributed by atoms with van der Waals surface area (Å²) in [7, 11) is 0.